The Kier molecular flexibility index (Phi) is 5.99. The molecule has 0 aromatic heterocycles. The summed E-state index contributed by atoms with van der Waals surface area (Å²) in [5.41, 5.74) is 10.8. The number of amides is 2. The number of hydrogen-bond acceptors (Lipinski definition) is 4. The standard InChI is InChI=1S/C14H21N3O3/c1-4-9(2)12(15)14(19)17-16-13(18)10-6-5-7-11(8-10)20-3/h5-9,12H,4,15H2,1-3H3,(H,16,18)(H,17,19)/t9?,12-/m0/s1. The van der Waals surface area contributed by atoms with Crippen molar-refractivity contribution in [3.8, 4) is 5.75 Å². The molecule has 0 spiro atoms. The van der Waals surface area contributed by atoms with Gasteiger partial charge in [-0.05, 0) is 24.1 Å². The van der Waals surface area contributed by atoms with Crippen LogP contribution in [0.3, 0.4) is 0 Å². The zero-order valence-corrected chi connectivity index (χ0v) is 12.0. The SMILES string of the molecule is CCC(C)[C@H](N)C(=O)NNC(=O)c1cccc(OC)c1. The largest absolute Gasteiger partial charge is 0.497 e. The molecule has 0 radical (unpaired) electrons. The number of nitrogens with two attached hydrogens (primary N) is 1. The van der Waals surface area contributed by atoms with Gasteiger partial charge in [-0.25, -0.2) is 0 Å². The maximum Gasteiger partial charge on any atom is 0.269 e. The lowest BCUT2D eigenvalue weighted by atomic mass is 10.00. The van der Waals surface area contributed by atoms with Crippen molar-refractivity contribution in [2.45, 2.75) is 26.3 Å². The minimum absolute atomic E-state index is 0.0451. The molecule has 110 valence electrons. The number of nitrogens with one attached hydrogen (secondary N) is 2. The molecule has 20 heavy (non-hydrogen) atoms. The lowest BCUT2D eigenvalue weighted by molar-refractivity contribution is -0.124. The molecular formula is C14H21N3O3. The minimum atomic E-state index is -0.648. The molecule has 4 N–H and O–H groups in total. The first kappa shape index (κ1) is 16.0. The Morgan fingerprint density at radius 1 is 1.35 bits per heavy atom. The Morgan fingerprint density at radius 2 is 2.05 bits per heavy atom. The van der Waals surface area contributed by atoms with Crippen LogP contribution in [0.15, 0.2) is 24.3 Å². The predicted octanol–water partition coefficient (Wildman–Crippen LogP) is 0.830. The summed E-state index contributed by atoms with van der Waals surface area (Å²) in [4.78, 5) is 23.6. The van der Waals surface area contributed by atoms with Gasteiger partial charge in [-0.3, -0.25) is 20.4 Å². The lowest BCUT2D eigenvalue weighted by Crippen LogP contribution is -2.51. The third-order valence-corrected chi connectivity index (χ3v) is 3.19. The molecule has 1 aromatic carbocycles. The third-order valence-electron chi connectivity index (χ3n) is 3.19. The van der Waals surface area contributed by atoms with Crippen molar-refractivity contribution in [3.05, 3.63) is 29.8 Å². The number of carbonyl (C=O) groups is 2. The Labute approximate surface area is 118 Å². The third kappa shape index (κ3) is 4.24. The van der Waals surface area contributed by atoms with Gasteiger partial charge in [-0.15, -0.1) is 0 Å². The fourth-order valence-corrected chi connectivity index (χ4v) is 1.55. The van der Waals surface area contributed by atoms with Crippen LogP contribution in [0.2, 0.25) is 0 Å². The monoisotopic (exact) mass is 279 g/mol. The van der Waals surface area contributed by atoms with Crippen LogP contribution in [-0.2, 0) is 4.79 Å². The molecule has 0 aliphatic heterocycles. The molecule has 1 aromatic rings. The zero-order valence-electron chi connectivity index (χ0n) is 12.0. The number of carbonyl (C=O) groups excluding carboxylic acids is 2. The Balaban J connectivity index is 2.56. The minimum Gasteiger partial charge on any atom is -0.497 e. The second-order valence-corrected chi connectivity index (χ2v) is 4.59. The van der Waals surface area contributed by atoms with Crippen molar-refractivity contribution in [3.63, 3.8) is 0 Å². The molecule has 2 atom stereocenters. The van der Waals surface area contributed by atoms with E-state index in [4.69, 9.17) is 10.5 Å². The zero-order chi connectivity index (χ0) is 15.1. The fraction of sp³-hybridized carbons (Fsp3) is 0.429. The predicted molar refractivity (Wildman–Crippen MR) is 76.0 cm³/mol. The van der Waals surface area contributed by atoms with Gasteiger partial charge in [-0.1, -0.05) is 26.3 Å². The van der Waals surface area contributed by atoms with Gasteiger partial charge in [0.1, 0.15) is 5.75 Å². The number of hydrogen-bond donors (Lipinski definition) is 3. The van der Waals surface area contributed by atoms with Crippen LogP contribution in [-0.4, -0.2) is 25.0 Å². The summed E-state index contributed by atoms with van der Waals surface area (Å²) >= 11 is 0. The summed E-state index contributed by atoms with van der Waals surface area (Å²) in [5.74, 6) is -0.215. The highest BCUT2D eigenvalue weighted by atomic mass is 16.5. The van der Waals surface area contributed by atoms with Crippen molar-refractivity contribution in [1.82, 2.24) is 10.9 Å². The van der Waals surface area contributed by atoms with Crippen molar-refractivity contribution in [2.75, 3.05) is 7.11 Å². The average molecular weight is 279 g/mol. The maximum atomic E-state index is 11.9. The van der Waals surface area contributed by atoms with Crippen molar-refractivity contribution >= 4 is 11.8 Å². The molecule has 0 bridgehead atoms. The van der Waals surface area contributed by atoms with Crippen molar-refractivity contribution in [2.24, 2.45) is 11.7 Å². The van der Waals surface area contributed by atoms with Crippen LogP contribution in [0, 0.1) is 5.92 Å². The fourth-order valence-electron chi connectivity index (χ4n) is 1.55. The molecule has 1 rings (SSSR count). The second kappa shape index (κ2) is 7.49. The molecule has 0 saturated carbocycles. The summed E-state index contributed by atoms with van der Waals surface area (Å²) in [6.07, 6.45) is 0.790. The van der Waals surface area contributed by atoms with E-state index < -0.39 is 17.9 Å². The molecule has 0 aliphatic rings. The van der Waals surface area contributed by atoms with Gasteiger partial charge in [0.25, 0.3) is 11.8 Å². The van der Waals surface area contributed by atoms with Gasteiger partial charge in [-0.2, -0.15) is 0 Å². The van der Waals surface area contributed by atoms with E-state index in [1.165, 1.54) is 7.11 Å². The Hall–Kier alpha value is -2.08. The summed E-state index contributed by atoms with van der Waals surface area (Å²) < 4.78 is 5.03. The molecule has 6 nitrogen and oxygen atoms in total. The highest BCUT2D eigenvalue weighted by Crippen LogP contribution is 2.12. The number of ether oxygens (including phenoxy) is 1. The smallest absolute Gasteiger partial charge is 0.269 e. The molecule has 0 saturated heterocycles. The van der Waals surface area contributed by atoms with E-state index in [1.54, 1.807) is 24.3 Å². The topological polar surface area (TPSA) is 93.5 Å². The average Bonchev–Trinajstić information content (AvgIpc) is 2.50. The first-order valence-electron chi connectivity index (χ1n) is 6.49. The second-order valence-electron chi connectivity index (χ2n) is 4.59. The summed E-state index contributed by atoms with van der Waals surface area (Å²) in [7, 11) is 1.52. The Morgan fingerprint density at radius 3 is 2.65 bits per heavy atom. The van der Waals surface area contributed by atoms with Crippen LogP contribution in [0.25, 0.3) is 0 Å². The molecule has 1 unspecified atom stereocenters. The lowest BCUT2D eigenvalue weighted by Gasteiger charge is -2.17. The van der Waals surface area contributed by atoms with E-state index in [9.17, 15) is 9.59 Å². The number of hydrazine groups is 1. The number of rotatable bonds is 5. The van der Waals surface area contributed by atoms with Gasteiger partial charge in [0.15, 0.2) is 0 Å². The maximum absolute atomic E-state index is 11.9. The van der Waals surface area contributed by atoms with Crippen LogP contribution in [0.1, 0.15) is 30.6 Å². The van der Waals surface area contributed by atoms with Crippen molar-refractivity contribution in [1.29, 1.82) is 0 Å². The van der Waals surface area contributed by atoms with E-state index in [2.05, 4.69) is 10.9 Å². The van der Waals surface area contributed by atoms with Gasteiger partial charge < -0.3 is 10.5 Å². The van der Waals surface area contributed by atoms with Gasteiger partial charge >= 0.3 is 0 Å². The Bertz CT molecular complexity index is 476. The van der Waals surface area contributed by atoms with Gasteiger partial charge in [0.2, 0.25) is 0 Å². The number of methoxy groups -OCH3 is 1. The first-order chi connectivity index (χ1) is 9.49. The molecule has 2 amide bonds. The summed E-state index contributed by atoms with van der Waals surface area (Å²) in [6, 6.07) is 5.98. The molecule has 0 aliphatic carbocycles. The van der Waals surface area contributed by atoms with Crippen LogP contribution < -0.4 is 21.3 Å². The van der Waals surface area contributed by atoms with E-state index in [0.717, 1.165) is 6.42 Å². The molecule has 0 fully saturated rings. The molecular weight excluding hydrogens is 258 g/mol. The first-order valence-corrected chi connectivity index (χ1v) is 6.49. The highest BCUT2D eigenvalue weighted by Gasteiger charge is 2.19. The van der Waals surface area contributed by atoms with Gasteiger partial charge in [0, 0.05) is 5.56 Å². The van der Waals surface area contributed by atoms with Gasteiger partial charge in [0.05, 0.1) is 13.2 Å². The molecule has 0 heterocycles. The normalized spacial score (nSPS) is 13.2. The number of benzene rings is 1. The quantitative estimate of drug-likeness (QED) is 0.696. The van der Waals surface area contributed by atoms with Crippen molar-refractivity contribution < 1.29 is 14.3 Å². The highest BCUT2D eigenvalue weighted by molar-refractivity contribution is 5.96. The summed E-state index contributed by atoms with van der Waals surface area (Å²) in [5, 5.41) is 0. The van der Waals surface area contributed by atoms with E-state index in [1.807, 2.05) is 13.8 Å². The van der Waals surface area contributed by atoms with E-state index in [0.29, 0.717) is 11.3 Å². The van der Waals surface area contributed by atoms with Crippen LogP contribution in [0.4, 0.5) is 0 Å². The summed E-state index contributed by atoms with van der Waals surface area (Å²) in [6.45, 7) is 3.83. The van der Waals surface area contributed by atoms with E-state index in [-0.39, 0.29) is 5.92 Å². The van der Waals surface area contributed by atoms with Crippen LogP contribution >= 0.6 is 0 Å². The van der Waals surface area contributed by atoms with Crippen LogP contribution in [0.5, 0.6) is 5.75 Å². The van der Waals surface area contributed by atoms with E-state index >= 15 is 0 Å². The molecule has 6 heteroatoms.